The summed E-state index contributed by atoms with van der Waals surface area (Å²) in [5.41, 5.74) is 1.76. The molecule has 2 heterocycles. The number of benzene rings is 3. The molecule has 1 atom stereocenters. The van der Waals surface area contributed by atoms with Crippen molar-refractivity contribution in [2.75, 3.05) is 13.7 Å². The molecule has 0 saturated heterocycles. The summed E-state index contributed by atoms with van der Waals surface area (Å²) in [6, 6.07) is 20.1. The minimum Gasteiger partial charge on any atom is -0.493 e. The Balaban J connectivity index is 1.64. The number of nitro benzene ring substituents is 1. The Hall–Kier alpha value is -5.29. The summed E-state index contributed by atoms with van der Waals surface area (Å²) in [6.07, 6.45) is 2.92. The highest BCUT2D eigenvalue weighted by molar-refractivity contribution is 7.07. The summed E-state index contributed by atoms with van der Waals surface area (Å²) in [4.78, 5) is 43.2. The summed E-state index contributed by atoms with van der Waals surface area (Å²) >= 11 is 1.08. The third-order valence-electron chi connectivity index (χ3n) is 6.73. The number of carbonyl (C=O) groups excluding carboxylic acids is 1. The van der Waals surface area contributed by atoms with Crippen molar-refractivity contribution in [1.29, 1.82) is 0 Å². The summed E-state index contributed by atoms with van der Waals surface area (Å²) in [5.74, 6) is 0.238. The zero-order chi connectivity index (χ0) is 30.5. The number of thiazole rings is 1. The number of fused-ring (bicyclic) bond motifs is 1. The van der Waals surface area contributed by atoms with Gasteiger partial charge < -0.3 is 14.2 Å². The first kappa shape index (κ1) is 29.2. The Kier molecular flexibility index (Phi) is 8.63. The molecule has 0 radical (unpaired) electrons. The van der Waals surface area contributed by atoms with E-state index in [4.69, 9.17) is 14.2 Å². The van der Waals surface area contributed by atoms with E-state index in [9.17, 15) is 19.7 Å². The van der Waals surface area contributed by atoms with Crippen LogP contribution in [0, 0.1) is 10.1 Å². The van der Waals surface area contributed by atoms with E-state index in [0.717, 1.165) is 16.9 Å². The first-order chi connectivity index (χ1) is 20.8. The van der Waals surface area contributed by atoms with Gasteiger partial charge in [-0.1, -0.05) is 72.5 Å². The van der Waals surface area contributed by atoms with Crippen molar-refractivity contribution in [3.05, 3.63) is 143 Å². The van der Waals surface area contributed by atoms with E-state index in [1.54, 1.807) is 43.3 Å². The molecule has 0 fully saturated rings. The average Bonchev–Trinajstić information content (AvgIpc) is 3.32. The van der Waals surface area contributed by atoms with Gasteiger partial charge in [-0.3, -0.25) is 19.5 Å². The molecule has 3 aromatic carbocycles. The van der Waals surface area contributed by atoms with Crippen molar-refractivity contribution in [1.82, 2.24) is 4.57 Å². The maximum atomic E-state index is 13.9. The van der Waals surface area contributed by atoms with E-state index in [1.165, 1.54) is 29.9 Å². The Morgan fingerprint density at radius 2 is 1.86 bits per heavy atom. The zero-order valence-electron chi connectivity index (χ0n) is 23.4. The molecule has 1 unspecified atom stereocenters. The van der Waals surface area contributed by atoms with Crippen molar-refractivity contribution in [2.45, 2.75) is 19.6 Å². The number of para-hydroxylation sites is 1. The van der Waals surface area contributed by atoms with Crippen LogP contribution in [0.25, 0.3) is 6.08 Å². The lowest BCUT2D eigenvalue weighted by Gasteiger charge is -2.25. The predicted molar refractivity (Wildman–Crippen MR) is 162 cm³/mol. The van der Waals surface area contributed by atoms with E-state index < -0.39 is 22.5 Å². The number of rotatable bonds is 10. The maximum Gasteiger partial charge on any atom is 0.338 e. The fourth-order valence-corrected chi connectivity index (χ4v) is 5.77. The molecule has 10 nitrogen and oxygen atoms in total. The molecule has 0 spiro atoms. The van der Waals surface area contributed by atoms with Gasteiger partial charge in [0.1, 0.15) is 13.2 Å². The molecule has 1 aromatic heterocycles. The minimum absolute atomic E-state index is 0.0278. The lowest BCUT2D eigenvalue weighted by Crippen LogP contribution is -2.40. The summed E-state index contributed by atoms with van der Waals surface area (Å²) in [6.45, 7) is 5.57. The number of esters is 1. The molecule has 0 aliphatic carbocycles. The standard InChI is InChI=1S/C32H27N3O7S/c1-4-16-41-31(37)28-20(2)33-32-34(30(36)27(43-32)18-22-12-8-9-13-24(22)35(38)39)29(28)23-14-15-25(26(17-23)40-3)42-19-21-10-6-5-7-11-21/h4-15,17-18,29H,1,16,19H2,2-3H3/b27-18-. The molecular formula is C32H27N3O7S. The second-order valence-electron chi connectivity index (χ2n) is 9.47. The van der Waals surface area contributed by atoms with Gasteiger partial charge >= 0.3 is 5.97 Å². The Morgan fingerprint density at radius 1 is 1.12 bits per heavy atom. The van der Waals surface area contributed by atoms with Crippen molar-refractivity contribution in [2.24, 2.45) is 4.99 Å². The molecule has 218 valence electrons. The van der Waals surface area contributed by atoms with Crippen LogP contribution in [0.2, 0.25) is 0 Å². The van der Waals surface area contributed by atoms with Gasteiger partial charge in [-0.05, 0) is 42.3 Å². The molecule has 43 heavy (non-hydrogen) atoms. The number of allylic oxidation sites excluding steroid dienone is 1. The summed E-state index contributed by atoms with van der Waals surface area (Å²) < 4.78 is 18.7. The van der Waals surface area contributed by atoms with Crippen molar-refractivity contribution >= 4 is 29.1 Å². The van der Waals surface area contributed by atoms with E-state index in [0.29, 0.717) is 34.2 Å². The molecule has 4 aromatic rings. The first-order valence-electron chi connectivity index (χ1n) is 13.2. The van der Waals surface area contributed by atoms with Crippen LogP contribution in [-0.4, -0.2) is 29.2 Å². The molecule has 5 rings (SSSR count). The second kappa shape index (κ2) is 12.7. The normalized spacial score (nSPS) is 14.5. The van der Waals surface area contributed by atoms with Crippen molar-refractivity contribution < 1.29 is 23.9 Å². The Labute approximate surface area is 250 Å². The lowest BCUT2D eigenvalue weighted by atomic mass is 9.95. The molecule has 1 aliphatic heterocycles. The zero-order valence-corrected chi connectivity index (χ0v) is 24.2. The van der Waals surface area contributed by atoms with E-state index in [-0.39, 0.29) is 28.0 Å². The molecule has 0 bridgehead atoms. The van der Waals surface area contributed by atoms with Crippen LogP contribution in [0.1, 0.15) is 29.7 Å². The van der Waals surface area contributed by atoms with Crippen LogP contribution >= 0.6 is 11.3 Å². The number of hydrogen-bond donors (Lipinski definition) is 0. The highest BCUT2D eigenvalue weighted by Crippen LogP contribution is 2.36. The van der Waals surface area contributed by atoms with E-state index >= 15 is 0 Å². The number of ether oxygens (including phenoxy) is 3. The number of hydrogen-bond acceptors (Lipinski definition) is 9. The van der Waals surface area contributed by atoms with Gasteiger partial charge in [0.15, 0.2) is 16.3 Å². The van der Waals surface area contributed by atoms with Gasteiger partial charge in [0.25, 0.3) is 11.2 Å². The lowest BCUT2D eigenvalue weighted by molar-refractivity contribution is -0.385. The molecule has 0 saturated carbocycles. The third kappa shape index (κ3) is 6.02. The van der Waals surface area contributed by atoms with Gasteiger partial charge in [0.05, 0.1) is 39.4 Å². The fraction of sp³-hybridized carbons (Fsp3) is 0.156. The number of aromatic nitrogens is 1. The topological polar surface area (TPSA) is 122 Å². The molecule has 0 amide bonds. The second-order valence-corrected chi connectivity index (χ2v) is 10.5. The van der Waals surface area contributed by atoms with Crippen LogP contribution in [0.15, 0.2) is 107 Å². The summed E-state index contributed by atoms with van der Waals surface area (Å²) in [5, 5.41) is 11.6. The molecule has 1 aliphatic rings. The van der Waals surface area contributed by atoms with E-state index in [1.807, 2.05) is 30.3 Å². The van der Waals surface area contributed by atoms with Crippen LogP contribution in [-0.2, 0) is 16.1 Å². The number of carbonyl (C=O) groups is 1. The number of nitrogens with zero attached hydrogens (tertiary/aromatic N) is 3. The SMILES string of the molecule is C=CCOC(=O)C1=C(C)N=c2s/c(=C\c3ccccc3[N+](=O)[O-])c(=O)n2C1c1ccc(OCc2ccccc2)c(OC)c1. The van der Waals surface area contributed by atoms with Crippen LogP contribution in [0.3, 0.4) is 0 Å². The first-order valence-corrected chi connectivity index (χ1v) is 14.0. The highest BCUT2D eigenvalue weighted by Gasteiger charge is 2.34. The third-order valence-corrected chi connectivity index (χ3v) is 7.72. The highest BCUT2D eigenvalue weighted by atomic mass is 32.1. The summed E-state index contributed by atoms with van der Waals surface area (Å²) in [7, 11) is 1.51. The Bertz CT molecular complexity index is 1930. The van der Waals surface area contributed by atoms with Crippen molar-refractivity contribution in [3.63, 3.8) is 0 Å². The van der Waals surface area contributed by atoms with Gasteiger partial charge in [-0.25, -0.2) is 9.79 Å². The van der Waals surface area contributed by atoms with Gasteiger partial charge in [0, 0.05) is 6.07 Å². The maximum absolute atomic E-state index is 13.9. The van der Waals surface area contributed by atoms with Crippen molar-refractivity contribution in [3.8, 4) is 11.5 Å². The average molecular weight is 598 g/mol. The fourth-order valence-electron chi connectivity index (χ4n) is 4.74. The molecule has 11 heteroatoms. The van der Waals surface area contributed by atoms with Gasteiger partial charge in [0.2, 0.25) is 0 Å². The number of methoxy groups -OCH3 is 1. The van der Waals surface area contributed by atoms with Crippen LogP contribution in [0.4, 0.5) is 5.69 Å². The Morgan fingerprint density at radius 3 is 2.58 bits per heavy atom. The largest absolute Gasteiger partial charge is 0.493 e. The monoisotopic (exact) mass is 597 g/mol. The minimum atomic E-state index is -0.918. The molecular weight excluding hydrogens is 570 g/mol. The van der Waals surface area contributed by atoms with Gasteiger partial charge in [-0.15, -0.1) is 0 Å². The van der Waals surface area contributed by atoms with Crippen LogP contribution in [0.5, 0.6) is 11.5 Å². The number of nitro groups is 1. The quantitative estimate of drug-likeness (QED) is 0.115. The van der Waals surface area contributed by atoms with Crippen LogP contribution < -0.4 is 24.4 Å². The smallest absolute Gasteiger partial charge is 0.338 e. The van der Waals surface area contributed by atoms with Gasteiger partial charge in [-0.2, -0.15) is 0 Å². The van der Waals surface area contributed by atoms with E-state index in [2.05, 4.69) is 11.6 Å². The molecule has 0 N–H and O–H groups in total. The predicted octanol–water partition coefficient (Wildman–Crippen LogP) is 4.46.